The summed E-state index contributed by atoms with van der Waals surface area (Å²) in [4.78, 5) is 30.8. The first-order chi connectivity index (χ1) is 14.7. The van der Waals surface area contributed by atoms with Crippen LogP contribution in [0.4, 0.5) is 19.0 Å². The van der Waals surface area contributed by atoms with E-state index in [1.54, 1.807) is 12.4 Å². The van der Waals surface area contributed by atoms with Crippen LogP contribution in [-0.2, 0) is 14.3 Å². The van der Waals surface area contributed by atoms with Crippen molar-refractivity contribution in [2.75, 3.05) is 31.6 Å². The number of carbonyl (C=O) groups excluding carboxylic acids is 2. The van der Waals surface area contributed by atoms with Gasteiger partial charge in [-0.1, -0.05) is 6.92 Å². The molecular weight excluding hydrogens is 435 g/mol. The Morgan fingerprint density at radius 3 is 2.68 bits per heavy atom. The maximum atomic E-state index is 12.1. The second kappa shape index (κ2) is 9.82. The molecule has 1 aliphatic rings. The number of piperidine rings is 1. The quantitative estimate of drug-likeness (QED) is 0.636. The highest BCUT2D eigenvalue weighted by atomic mass is 32.1. The number of amides is 1. The Hall–Kier alpha value is -2.40. The number of alkyl halides is 3. The summed E-state index contributed by atoms with van der Waals surface area (Å²) in [6.45, 7) is 2.16. The van der Waals surface area contributed by atoms with E-state index in [1.807, 2.05) is 12.1 Å². The molecule has 1 amide bonds. The van der Waals surface area contributed by atoms with E-state index in [0.717, 1.165) is 10.5 Å². The van der Waals surface area contributed by atoms with Gasteiger partial charge in [0.25, 0.3) is 5.91 Å². The van der Waals surface area contributed by atoms with Gasteiger partial charge >= 0.3 is 12.3 Å². The first kappa shape index (κ1) is 23.3. The average molecular weight is 459 g/mol. The lowest BCUT2D eigenvalue weighted by molar-refractivity contribution is -0.328. The van der Waals surface area contributed by atoms with Gasteiger partial charge < -0.3 is 15.0 Å². The van der Waals surface area contributed by atoms with E-state index < -0.39 is 24.9 Å². The number of esters is 1. The van der Waals surface area contributed by atoms with Crippen molar-refractivity contribution in [3.05, 3.63) is 23.1 Å². The summed E-state index contributed by atoms with van der Waals surface area (Å²) in [5.74, 6) is -0.551. The summed E-state index contributed by atoms with van der Waals surface area (Å²) in [6, 6.07) is 3.84. The molecule has 11 heteroatoms. The van der Waals surface area contributed by atoms with Crippen molar-refractivity contribution >= 4 is 39.2 Å². The summed E-state index contributed by atoms with van der Waals surface area (Å²) >= 11 is 1.46. The molecule has 1 N–H and O–H groups in total. The standard InChI is InChI=1S/C20H24F3N3O4S/c1-12(10-29-20(21,22)23)9-17(27)30-13-5-7-26(8-6-13)16-4-3-15-18(25-16)14(11-31-15)19(28)24-2/h3-4,11-13H,5-10H2,1-2H3,(H,24,28)/t12-/m1/s1. The molecular formula is C20H24F3N3O4S. The van der Waals surface area contributed by atoms with Gasteiger partial charge in [0, 0.05) is 38.4 Å². The number of halogens is 3. The number of carbonyl (C=O) groups is 2. The number of rotatable bonds is 7. The molecule has 1 atom stereocenters. The Bertz CT molecular complexity index is 926. The summed E-state index contributed by atoms with van der Waals surface area (Å²) in [5.41, 5.74) is 1.20. The molecule has 0 bridgehead atoms. The monoisotopic (exact) mass is 459 g/mol. The van der Waals surface area contributed by atoms with Crippen LogP contribution >= 0.6 is 11.3 Å². The molecule has 3 rings (SSSR count). The third-order valence-electron chi connectivity index (χ3n) is 4.98. The molecule has 0 spiro atoms. The van der Waals surface area contributed by atoms with Crippen molar-refractivity contribution in [1.29, 1.82) is 0 Å². The van der Waals surface area contributed by atoms with E-state index in [2.05, 4.69) is 19.9 Å². The molecule has 31 heavy (non-hydrogen) atoms. The van der Waals surface area contributed by atoms with E-state index in [-0.39, 0.29) is 18.4 Å². The van der Waals surface area contributed by atoms with Crippen molar-refractivity contribution < 1.29 is 32.2 Å². The summed E-state index contributed by atoms with van der Waals surface area (Å²) in [5, 5.41) is 4.40. The number of aromatic nitrogens is 1. The predicted octanol–water partition coefficient (Wildman–Crippen LogP) is 3.73. The number of fused-ring (bicyclic) bond motifs is 1. The number of hydrogen-bond donors (Lipinski definition) is 1. The normalized spacial score (nSPS) is 16.4. The molecule has 7 nitrogen and oxygen atoms in total. The van der Waals surface area contributed by atoms with Crippen molar-refractivity contribution in [3.63, 3.8) is 0 Å². The number of anilines is 1. The van der Waals surface area contributed by atoms with Crippen LogP contribution in [0.15, 0.2) is 17.5 Å². The molecule has 2 aromatic heterocycles. The number of ether oxygens (including phenoxy) is 2. The first-order valence-corrected chi connectivity index (χ1v) is 10.8. The zero-order valence-electron chi connectivity index (χ0n) is 17.2. The van der Waals surface area contributed by atoms with Crippen LogP contribution in [0.3, 0.4) is 0 Å². The Morgan fingerprint density at radius 1 is 1.32 bits per heavy atom. The van der Waals surface area contributed by atoms with Crippen LogP contribution in [0.1, 0.15) is 36.5 Å². The van der Waals surface area contributed by atoms with Gasteiger partial charge in [0.2, 0.25) is 0 Å². The predicted molar refractivity (Wildman–Crippen MR) is 110 cm³/mol. The van der Waals surface area contributed by atoms with Crippen LogP contribution in [0.2, 0.25) is 0 Å². The molecule has 2 aromatic rings. The first-order valence-electron chi connectivity index (χ1n) is 9.91. The van der Waals surface area contributed by atoms with Gasteiger partial charge in [0.1, 0.15) is 11.9 Å². The molecule has 1 saturated heterocycles. The summed E-state index contributed by atoms with van der Waals surface area (Å²) < 4.78 is 46.4. The molecule has 3 heterocycles. The van der Waals surface area contributed by atoms with E-state index in [9.17, 15) is 22.8 Å². The van der Waals surface area contributed by atoms with Gasteiger partial charge in [-0.15, -0.1) is 24.5 Å². The Morgan fingerprint density at radius 2 is 2.03 bits per heavy atom. The largest absolute Gasteiger partial charge is 0.522 e. The summed E-state index contributed by atoms with van der Waals surface area (Å²) in [6.07, 6.45) is -3.94. The third kappa shape index (κ3) is 6.30. The molecule has 1 fully saturated rings. The lowest BCUT2D eigenvalue weighted by Crippen LogP contribution is -2.38. The van der Waals surface area contributed by atoms with E-state index in [1.165, 1.54) is 18.3 Å². The molecule has 0 aromatic carbocycles. The van der Waals surface area contributed by atoms with Crippen LogP contribution in [0.5, 0.6) is 0 Å². The molecule has 0 radical (unpaired) electrons. The lowest BCUT2D eigenvalue weighted by Gasteiger charge is -2.32. The number of hydrogen-bond acceptors (Lipinski definition) is 7. The van der Waals surface area contributed by atoms with Crippen LogP contribution in [-0.4, -0.2) is 56.1 Å². The number of thiophene rings is 1. The van der Waals surface area contributed by atoms with Gasteiger partial charge in [-0.25, -0.2) is 4.98 Å². The van der Waals surface area contributed by atoms with Crippen LogP contribution < -0.4 is 10.2 Å². The van der Waals surface area contributed by atoms with Gasteiger partial charge in [0.15, 0.2) is 0 Å². The second-order valence-corrected chi connectivity index (χ2v) is 8.40. The Kier molecular flexibility index (Phi) is 7.37. The van der Waals surface area contributed by atoms with Gasteiger partial charge in [0.05, 0.1) is 28.8 Å². The molecule has 0 aliphatic carbocycles. The fourth-order valence-electron chi connectivity index (χ4n) is 3.39. The minimum atomic E-state index is -4.70. The van der Waals surface area contributed by atoms with Crippen LogP contribution in [0.25, 0.3) is 10.2 Å². The van der Waals surface area contributed by atoms with E-state index >= 15 is 0 Å². The SMILES string of the molecule is CNC(=O)c1csc2ccc(N3CCC(OC(=O)C[C@@H](C)COC(F)(F)F)CC3)nc12. The minimum Gasteiger partial charge on any atom is -0.462 e. The highest BCUT2D eigenvalue weighted by Crippen LogP contribution is 2.28. The average Bonchev–Trinajstić information content (AvgIpc) is 3.15. The fourth-order valence-corrected chi connectivity index (χ4v) is 4.27. The Balaban J connectivity index is 1.51. The zero-order chi connectivity index (χ0) is 22.6. The van der Waals surface area contributed by atoms with Crippen molar-refractivity contribution in [2.45, 2.75) is 38.7 Å². The highest BCUT2D eigenvalue weighted by Gasteiger charge is 2.30. The maximum Gasteiger partial charge on any atom is 0.522 e. The highest BCUT2D eigenvalue weighted by molar-refractivity contribution is 7.17. The number of nitrogens with zero attached hydrogens (tertiary/aromatic N) is 2. The van der Waals surface area contributed by atoms with Crippen molar-refractivity contribution in [2.24, 2.45) is 5.92 Å². The zero-order valence-corrected chi connectivity index (χ0v) is 18.0. The number of pyridine rings is 1. The molecule has 0 unspecified atom stereocenters. The van der Waals surface area contributed by atoms with Gasteiger partial charge in [-0.3, -0.25) is 14.3 Å². The van der Waals surface area contributed by atoms with Gasteiger partial charge in [-0.05, 0) is 18.1 Å². The Labute approximate surface area is 181 Å². The van der Waals surface area contributed by atoms with Crippen LogP contribution in [0, 0.1) is 5.92 Å². The lowest BCUT2D eigenvalue weighted by atomic mass is 10.1. The molecule has 0 saturated carbocycles. The fraction of sp³-hybridized carbons (Fsp3) is 0.550. The van der Waals surface area contributed by atoms with Crippen molar-refractivity contribution in [1.82, 2.24) is 10.3 Å². The van der Waals surface area contributed by atoms with E-state index in [0.29, 0.717) is 37.0 Å². The smallest absolute Gasteiger partial charge is 0.462 e. The van der Waals surface area contributed by atoms with Gasteiger partial charge in [-0.2, -0.15) is 0 Å². The third-order valence-corrected chi connectivity index (χ3v) is 5.92. The summed E-state index contributed by atoms with van der Waals surface area (Å²) in [7, 11) is 1.58. The molecule has 170 valence electrons. The van der Waals surface area contributed by atoms with Crippen molar-refractivity contribution in [3.8, 4) is 0 Å². The number of nitrogens with one attached hydrogen (secondary N) is 1. The molecule has 1 aliphatic heterocycles. The topological polar surface area (TPSA) is 80.8 Å². The maximum absolute atomic E-state index is 12.1. The van der Waals surface area contributed by atoms with E-state index in [4.69, 9.17) is 4.74 Å². The second-order valence-electron chi connectivity index (χ2n) is 7.49. The minimum absolute atomic E-state index is 0.130.